The molecule has 0 spiro atoms. The standard InChI is InChI=1S/C22H24N2O2/c1-26-18-7-8-19-20(15-23-21(19)14-18)22(25)24-11-9-17(10-12-24)13-16-5-3-2-4-6-16/h2-8,14-15,17,23H,9-13H2,1H3. The molecule has 3 aromatic rings. The molecule has 0 radical (unpaired) electrons. The Hall–Kier alpha value is -2.75. The highest BCUT2D eigenvalue weighted by Crippen LogP contribution is 2.27. The summed E-state index contributed by atoms with van der Waals surface area (Å²) in [4.78, 5) is 18.2. The molecule has 1 aromatic heterocycles. The lowest BCUT2D eigenvalue weighted by Gasteiger charge is -2.32. The average Bonchev–Trinajstić information content (AvgIpc) is 3.12. The SMILES string of the molecule is COc1ccc2c(C(=O)N3CCC(Cc4ccccc4)CC3)c[nH]c2c1. The van der Waals surface area contributed by atoms with E-state index >= 15 is 0 Å². The van der Waals surface area contributed by atoms with Crippen LogP contribution in [0.15, 0.2) is 54.7 Å². The fourth-order valence-electron chi connectivity index (χ4n) is 3.87. The van der Waals surface area contributed by atoms with E-state index in [9.17, 15) is 4.79 Å². The van der Waals surface area contributed by atoms with E-state index in [1.807, 2.05) is 29.3 Å². The lowest BCUT2D eigenvalue weighted by Crippen LogP contribution is -2.38. The first-order valence-corrected chi connectivity index (χ1v) is 9.23. The van der Waals surface area contributed by atoms with E-state index in [4.69, 9.17) is 4.74 Å². The lowest BCUT2D eigenvalue weighted by atomic mass is 9.90. The first kappa shape index (κ1) is 16.7. The van der Waals surface area contributed by atoms with Crippen LogP contribution in [0.1, 0.15) is 28.8 Å². The monoisotopic (exact) mass is 348 g/mol. The zero-order valence-electron chi connectivity index (χ0n) is 15.1. The first-order chi connectivity index (χ1) is 12.7. The molecule has 0 bridgehead atoms. The minimum atomic E-state index is 0.125. The molecule has 0 unspecified atom stereocenters. The van der Waals surface area contributed by atoms with Gasteiger partial charge < -0.3 is 14.6 Å². The Bertz CT molecular complexity index is 893. The summed E-state index contributed by atoms with van der Waals surface area (Å²) in [5.74, 6) is 1.58. The number of aromatic nitrogens is 1. The molecule has 4 rings (SSSR count). The number of nitrogens with zero attached hydrogens (tertiary/aromatic N) is 1. The molecule has 1 N–H and O–H groups in total. The zero-order chi connectivity index (χ0) is 17.9. The molecule has 0 saturated carbocycles. The van der Waals surface area contributed by atoms with Crippen LogP contribution in [-0.2, 0) is 6.42 Å². The summed E-state index contributed by atoms with van der Waals surface area (Å²) >= 11 is 0. The van der Waals surface area contributed by atoms with Gasteiger partial charge in [0, 0.05) is 36.3 Å². The van der Waals surface area contributed by atoms with E-state index in [0.29, 0.717) is 5.92 Å². The van der Waals surface area contributed by atoms with Crippen LogP contribution in [-0.4, -0.2) is 36.0 Å². The Morgan fingerprint density at radius 1 is 1.15 bits per heavy atom. The summed E-state index contributed by atoms with van der Waals surface area (Å²) < 4.78 is 5.25. The fourth-order valence-corrected chi connectivity index (χ4v) is 3.87. The minimum Gasteiger partial charge on any atom is -0.497 e. The van der Waals surface area contributed by atoms with Gasteiger partial charge in [-0.05, 0) is 42.9 Å². The number of H-pyrrole nitrogens is 1. The number of ether oxygens (including phenoxy) is 1. The molecule has 1 fully saturated rings. The summed E-state index contributed by atoms with van der Waals surface area (Å²) in [5.41, 5.74) is 3.08. The molecule has 4 heteroatoms. The van der Waals surface area contributed by atoms with Gasteiger partial charge >= 0.3 is 0 Å². The van der Waals surface area contributed by atoms with Crippen molar-refractivity contribution in [3.63, 3.8) is 0 Å². The van der Waals surface area contributed by atoms with Crippen molar-refractivity contribution >= 4 is 16.8 Å². The lowest BCUT2D eigenvalue weighted by molar-refractivity contribution is 0.0692. The van der Waals surface area contributed by atoms with Crippen LogP contribution >= 0.6 is 0 Å². The van der Waals surface area contributed by atoms with E-state index in [1.165, 1.54) is 5.56 Å². The van der Waals surface area contributed by atoms with Crippen LogP contribution in [0.2, 0.25) is 0 Å². The Labute approximate surface area is 153 Å². The molecule has 0 atom stereocenters. The van der Waals surface area contributed by atoms with E-state index < -0.39 is 0 Å². The topological polar surface area (TPSA) is 45.3 Å². The predicted octanol–water partition coefficient (Wildman–Crippen LogP) is 4.27. The molecule has 2 heterocycles. The molecule has 4 nitrogen and oxygen atoms in total. The number of hydrogen-bond acceptors (Lipinski definition) is 2. The van der Waals surface area contributed by atoms with Crippen molar-refractivity contribution in [2.24, 2.45) is 5.92 Å². The third-order valence-corrected chi connectivity index (χ3v) is 5.39. The third kappa shape index (κ3) is 3.32. The Morgan fingerprint density at radius 3 is 2.65 bits per heavy atom. The van der Waals surface area contributed by atoms with Crippen molar-refractivity contribution in [1.82, 2.24) is 9.88 Å². The van der Waals surface area contributed by atoms with Crippen molar-refractivity contribution in [3.8, 4) is 5.75 Å². The molecule has 26 heavy (non-hydrogen) atoms. The summed E-state index contributed by atoms with van der Waals surface area (Å²) in [6, 6.07) is 16.4. The molecule has 1 aliphatic heterocycles. The number of likely N-dealkylation sites (tertiary alicyclic amines) is 1. The number of aromatic amines is 1. The van der Waals surface area contributed by atoms with Crippen LogP contribution in [0.5, 0.6) is 5.75 Å². The van der Waals surface area contributed by atoms with Crippen molar-refractivity contribution in [2.45, 2.75) is 19.3 Å². The van der Waals surface area contributed by atoms with Gasteiger partial charge in [-0.25, -0.2) is 0 Å². The van der Waals surface area contributed by atoms with Crippen LogP contribution in [0.4, 0.5) is 0 Å². The summed E-state index contributed by atoms with van der Waals surface area (Å²) in [6.45, 7) is 1.67. The molecule has 1 aliphatic rings. The number of methoxy groups -OCH3 is 1. The maximum Gasteiger partial charge on any atom is 0.256 e. The summed E-state index contributed by atoms with van der Waals surface area (Å²) in [7, 11) is 1.65. The molecular formula is C22H24N2O2. The summed E-state index contributed by atoms with van der Waals surface area (Å²) in [6.07, 6.45) is 5.06. The van der Waals surface area contributed by atoms with Crippen molar-refractivity contribution in [3.05, 3.63) is 65.9 Å². The fraction of sp³-hybridized carbons (Fsp3) is 0.318. The third-order valence-electron chi connectivity index (χ3n) is 5.39. The van der Waals surface area contributed by atoms with Gasteiger partial charge in [-0.15, -0.1) is 0 Å². The number of carbonyl (C=O) groups excluding carboxylic acids is 1. The Balaban J connectivity index is 1.42. The van der Waals surface area contributed by atoms with Crippen molar-refractivity contribution in [1.29, 1.82) is 0 Å². The van der Waals surface area contributed by atoms with Crippen molar-refractivity contribution < 1.29 is 9.53 Å². The largest absolute Gasteiger partial charge is 0.497 e. The van der Waals surface area contributed by atoms with Gasteiger partial charge in [-0.3, -0.25) is 4.79 Å². The smallest absolute Gasteiger partial charge is 0.256 e. The van der Waals surface area contributed by atoms with Crippen molar-refractivity contribution in [2.75, 3.05) is 20.2 Å². The maximum absolute atomic E-state index is 13.0. The van der Waals surface area contributed by atoms with Gasteiger partial charge in [0.1, 0.15) is 5.75 Å². The van der Waals surface area contributed by atoms with Crippen LogP contribution in [0, 0.1) is 5.92 Å². The van der Waals surface area contributed by atoms with Gasteiger partial charge in [0.15, 0.2) is 0 Å². The predicted molar refractivity (Wildman–Crippen MR) is 104 cm³/mol. The number of piperidine rings is 1. The highest BCUT2D eigenvalue weighted by molar-refractivity contribution is 6.07. The van der Waals surface area contributed by atoms with Gasteiger partial charge in [0.25, 0.3) is 5.91 Å². The molecule has 2 aromatic carbocycles. The van der Waals surface area contributed by atoms with E-state index in [1.54, 1.807) is 7.11 Å². The van der Waals surface area contributed by atoms with E-state index in [0.717, 1.165) is 54.6 Å². The molecule has 1 amide bonds. The van der Waals surface area contributed by atoms with E-state index in [-0.39, 0.29) is 5.91 Å². The molecule has 1 saturated heterocycles. The number of hydrogen-bond donors (Lipinski definition) is 1. The van der Waals surface area contributed by atoms with E-state index in [2.05, 4.69) is 35.3 Å². The zero-order valence-corrected chi connectivity index (χ0v) is 15.1. The Morgan fingerprint density at radius 2 is 1.92 bits per heavy atom. The number of amides is 1. The van der Waals surface area contributed by atoms with Crippen LogP contribution in [0.3, 0.4) is 0 Å². The normalized spacial score (nSPS) is 15.3. The number of carbonyl (C=O) groups is 1. The van der Waals surface area contributed by atoms with Crippen LogP contribution < -0.4 is 4.74 Å². The number of nitrogens with one attached hydrogen (secondary N) is 1. The highest BCUT2D eigenvalue weighted by Gasteiger charge is 2.25. The molecule has 134 valence electrons. The van der Waals surface area contributed by atoms with Gasteiger partial charge in [0.05, 0.1) is 12.7 Å². The second-order valence-electron chi connectivity index (χ2n) is 7.04. The average molecular weight is 348 g/mol. The minimum absolute atomic E-state index is 0.125. The highest BCUT2D eigenvalue weighted by atomic mass is 16.5. The summed E-state index contributed by atoms with van der Waals surface area (Å²) in [5, 5.41) is 0.960. The van der Waals surface area contributed by atoms with Gasteiger partial charge in [0.2, 0.25) is 0 Å². The van der Waals surface area contributed by atoms with Gasteiger partial charge in [-0.2, -0.15) is 0 Å². The second kappa shape index (κ2) is 7.24. The second-order valence-corrected chi connectivity index (χ2v) is 7.04. The molecule has 0 aliphatic carbocycles. The number of fused-ring (bicyclic) bond motifs is 1. The molecular weight excluding hydrogens is 324 g/mol. The maximum atomic E-state index is 13.0. The quantitative estimate of drug-likeness (QED) is 0.765. The van der Waals surface area contributed by atoms with Crippen LogP contribution in [0.25, 0.3) is 10.9 Å². The number of rotatable bonds is 4. The first-order valence-electron chi connectivity index (χ1n) is 9.23. The Kier molecular flexibility index (Phi) is 4.65. The number of benzene rings is 2. The van der Waals surface area contributed by atoms with Gasteiger partial charge in [-0.1, -0.05) is 30.3 Å².